The van der Waals surface area contributed by atoms with Crippen molar-refractivity contribution >= 4 is 33.3 Å². The van der Waals surface area contributed by atoms with E-state index in [4.69, 9.17) is 29.7 Å². The summed E-state index contributed by atoms with van der Waals surface area (Å²) < 4.78 is 15.9. The molecule has 0 aromatic carbocycles. The molecule has 1 fully saturated rings. The number of fused-ring (bicyclic) bond motifs is 1. The first-order valence-electron chi connectivity index (χ1n) is 7.20. The zero-order valence-corrected chi connectivity index (χ0v) is 15.1. The Bertz CT molecular complexity index is 810. The Labute approximate surface area is 151 Å². The van der Waals surface area contributed by atoms with Crippen LogP contribution in [0.25, 0.3) is 11.2 Å². The molecule has 9 N–H and O–H groups in total. The van der Waals surface area contributed by atoms with Gasteiger partial charge >= 0.3 is 16.3 Å². The second-order valence-electron chi connectivity index (χ2n) is 5.53. The largest absolute Gasteiger partial charge is 0.567 e. The molecule has 2 aromatic rings. The number of aliphatic hydroxyl groups excluding tert-OH is 1. The van der Waals surface area contributed by atoms with Gasteiger partial charge in [0.1, 0.15) is 30.7 Å². The maximum atomic E-state index is 10.3. The smallest absolute Gasteiger partial charge is 0.387 e. The first-order valence-corrected chi connectivity index (χ1v) is 10.3. The Morgan fingerprint density at radius 3 is 2.44 bits per heavy atom. The molecule has 27 heavy (non-hydrogen) atoms. The lowest BCUT2D eigenvalue weighted by atomic mass is 10.1. The first-order chi connectivity index (χ1) is 12.5. The van der Waals surface area contributed by atoms with E-state index in [0.29, 0.717) is 0 Å². The molecule has 0 radical (unpaired) electrons. The summed E-state index contributed by atoms with van der Waals surface area (Å²) in [5, 5.41) is 10.3. The van der Waals surface area contributed by atoms with Crippen molar-refractivity contribution in [2.45, 2.75) is 24.5 Å². The van der Waals surface area contributed by atoms with E-state index in [9.17, 15) is 19.8 Å². The second-order valence-corrected chi connectivity index (χ2v) is 8.05. The van der Waals surface area contributed by atoms with Crippen LogP contribution in [-0.4, -0.2) is 78.9 Å². The summed E-state index contributed by atoms with van der Waals surface area (Å²) in [6, 6.07) is 0. The second kappa shape index (κ2) is 7.33. The van der Waals surface area contributed by atoms with E-state index >= 15 is 0 Å². The molecule has 1 aliphatic rings. The van der Waals surface area contributed by atoms with Crippen LogP contribution in [0.3, 0.4) is 0 Å². The quantitative estimate of drug-likeness (QED) is 0.219. The summed E-state index contributed by atoms with van der Waals surface area (Å²) in [4.78, 5) is 66.2. The van der Waals surface area contributed by atoms with Crippen molar-refractivity contribution in [3.63, 3.8) is 0 Å². The summed E-state index contributed by atoms with van der Waals surface area (Å²) in [6.07, 6.45) is -3.45. The first kappa shape index (κ1) is 20.5. The Morgan fingerprint density at radius 1 is 1.11 bits per heavy atom. The molecule has 0 aliphatic carbocycles. The monoisotopic (exact) mass is 429 g/mol. The third-order valence-electron chi connectivity index (χ3n) is 3.65. The molecule has 0 saturated carbocycles. The molecule has 1 aliphatic heterocycles. The average molecular weight is 429 g/mol. The van der Waals surface area contributed by atoms with Gasteiger partial charge in [0.25, 0.3) is 0 Å². The Hall–Kier alpha value is -1.19. The van der Waals surface area contributed by atoms with Crippen LogP contribution in [0, 0.1) is 0 Å². The minimum atomic E-state index is -4.80. The van der Waals surface area contributed by atoms with Gasteiger partial charge < -0.3 is 15.6 Å². The van der Waals surface area contributed by atoms with E-state index in [-0.39, 0.29) is 17.0 Å². The zero-order valence-electron chi connectivity index (χ0n) is 13.3. The van der Waals surface area contributed by atoms with Crippen LogP contribution in [-0.2, 0) is 13.8 Å². The molecule has 3 rings (SSSR count). The van der Waals surface area contributed by atoms with Crippen LogP contribution in [0.2, 0.25) is 0 Å². The Kier molecular flexibility index (Phi) is 5.58. The number of anilines is 1. The molecule has 3 heterocycles. The van der Waals surface area contributed by atoms with Crippen molar-refractivity contribution in [1.82, 2.24) is 19.5 Å². The predicted molar refractivity (Wildman–Crippen MR) is 87.6 cm³/mol. The van der Waals surface area contributed by atoms with Crippen molar-refractivity contribution in [2.24, 2.45) is 0 Å². The van der Waals surface area contributed by atoms with E-state index in [0.717, 1.165) is 6.33 Å². The van der Waals surface area contributed by atoms with Crippen LogP contribution >= 0.6 is 16.3 Å². The van der Waals surface area contributed by atoms with E-state index in [1.165, 1.54) is 10.9 Å². The van der Waals surface area contributed by atoms with Crippen LogP contribution in [0.4, 0.5) is 5.82 Å². The number of ether oxygens (including phenoxy) is 1. The molecule has 0 amide bonds. The molecule has 15 nitrogen and oxygen atoms in total. The van der Waals surface area contributed by atoms with Crippen LogP contribution in [0.5, 0.6) is 0 Å². The van der Waals surface area contributed by atoms with E-state index < -0.39 is 47.5 Å². The average Bonchev–Trinajstić information content (AvgIpc) is 3.07. The zero-order chi connectivity index (χ0) is 20.0. The van der Waals surface area contributed by atoms with E-state index in [1.807, 2.05) is 0 Å². The highest BCUT2D eigenvalue weighted by molar-refractivity contribution is 7.53. The third kappa shape index (κ3) is 4.63. The number of nitrogens with two attached hydrogens (primary N) is 1. The van der Waals surface area contributed by atoms with Crippen LogP contribution in [0.1, 0.15) is 6.23 Å². The van der Waals surface area contributed by atoms with Gasteiger partial charge in [-0.2, -0.15) is 33.9 Å². The van der Waals surface area contributed by atoms with Gasteiger partial charge in [-0.15, -0.1) is 4.52 Å². The molecule has 4 atom stereocenters. The minimum absolute atomic E-state index is 0.0541. The number of aromatic nitrogens is 4. The van der Waals surface area contributed by atoms with Gasteiger partial charge in [0.2, 0.25) is 0 Å². The van der Waals surface area contributed by atoms with Gasteiger partial charge in [-0.05, 0) is 0 Å². The van der Waals surface area contributed by atoms with Crippen molar-refractivity contribution in [3.8, 4) is 0 Å². The lowest BCUT2D eigenvalue weighted by molar-refractivity contribution is -0.0531. The number of nitrogen functional groups attached to an aromatic ring is 1. The summed E-state index contributed by atoms with van der Waals surface area (Å²) in [6.45, 7) is -0.688. The molecule has 2 aromatic heterocycles. The van der Waals surface area contributed by atoms with Gasteiger partial charge in [0, 0.05) is 0 Å². The highest BCUT2D eigenvalue weighted by Crippen LogP contribution is 2.52. The SMILES string of the molecule is Nc1ncnc2c1ncn2[C@@H]1O[C@H](CO[P+](O)(O)O)[C@@H](O)[C@H]1O[P+](O)(O)O. The summed E-state index contributed by atoms with van der Waals surface area (Å²) in [7, 11) is -9.41. The van der Waals surface area contributed by atoms with Gasteiger partial charge in [0.05, 0.1) is 6.33 Å². The van der Waals surface area contributed by atoms with Gasteiger partial charge in [-0.25, -0.2) is 15.0 Å². The highest BCUT2D eigenvalue weighted by atomic mass is 31.2. The fourth-order valence-corrected chi connectivity index (χ4v) is 3.49. The Morgan fingerprint density at radius 2 is 1.81 bits per heavy atom. The number of rotatable bonds is 6. The number of aliphatic hydroxyl groups is 1. The van der Waals surface area contributed by atoms with Gasteiger partial charge in [-0.3, -0.25) is 4.57 Å². The van der Waals surface area contributed by atoms with Crippen molar-refractivity contribution in [2.75, 3.05) is 12.3 Å². The van der Waals surface area contributed by atoms with Crippen molar-refractivity contribution < 1.29 is 48.3 Å². The van der Waals surface area contributed by atoms with Crippen LogP contribution < -0.4 is 5.73 Å². The highest BCUT2D eigenvalue weighted by Gasteiger charge is 2.54. The molecular formula is C10H17N5O10P2+2. The lowest BCUT2D eigenvalue weighted by Crippen LogP contribution is -2.36. The lowest BCUT2D eigenvalue weighted by Gasteiger charge is -2.19. The molecule has 0 unspecified atom stereocenters. The molecule has 0 spiro atoms. The number of hydrogen-bond acceptors (Lipinski definition) is 14. The van der Waals surface area contributed by atoms with Gasteiger partial charge in [-0.1, -0.05) is 0 Å². The maximum absolute atomic E-state index is 10.3. The summed E-state index contributed by atoms with van der Waals surface area (Å²) in [5.41, 5.74) is 6.04. The normalized spacial score (nSPS) is 26.8. The number of nitrogens with zero attached hydrogens (tertiary/aromatic N) is 4. The summed E-state index contributed by atoms with van der Waals surface area (Å²) >= 11 is 0. The number of hydrogen-bond donors (Lipinski definition) is 8. The van der Waals surface area contributed by atoms with E-state index in [2.05, 4.69) is 19.5 Å². The molecule has 150 valence electrons. The number of imidazole rings is 1. The molecule has 17 heteroatoms. The fourth-order valence-electron chi connectivity index (χ4n) is 2.59. The summed E-state index contributed by atoms with van der Waals surface area (Å²) in [5.74, 6) is 0.0541. The van der Waals surface area contributed by atoms with E-state index in [1.54, 1.807) is 0 Å². The predicted octanol–water partition coefficient (Wildman–Crippen LogP) is -2.62. The topological polar surface area (TPSA) is 239 Å². The maximum Gasteiger partial charge on any atom is 0.567 e. The van der Waals surface area contributed by atoms with Gasteiger partial charge in [0.15, 0.2) is 23.8 Å². The fraction of sp³-hybridized carbons (Fsp3) is 0.500. The standard InChI is InChI=1S/C10H17N5O10P2/c11-8-5-9(13-2-12-8)15(3-14-5)10-7(25-27(20,21)22)6(16)4(24-10)1-23-26(17,18)19/h2-4,6-7,10,16-22H,1H2,(H2,11,12,13)/q+2/t4-,6-,7-,10-/m1/s1. The molecular weight excluding hydrogens is 412 g/mol. The van der Waals surface area contributed by atoms with Crippen LogP contribution in [0.15, 0.2) is 12.7 Å². The van der Waals surface area contributed by atoms with Crippen molar-refractivity contribution in [1.29, 1.82) is 0 Å². The van der Waals surface area contributed by atoms with Crippen molar-refractivity contribution in [3.05, 3.63) is 12.7 Å². The Balaban J connectivity index is 1.93. The molecule has 1 saturated heterocycles. The minimum Gasteiger partial charge on any atom is -0.387 e. The molecule has 0 bridgehead atoms. The third-order valence-corrected chi connectivity index (χ3v) is 4.67.